The number of hydrogen-bond donors (Lipinski definition) is 1. The molecule has 4 aromatic rings. The van der Waals surface area contributed by atoms with E-state index in [9.17, 15) is 4.79 Å². The highest BCUT2D eigenvalue weighted by Gasteiger charge is 2.20. The molecule has 0 bridgehead atoms. The molecule has 7 heteroatoms. The maximum atomic E-state index is 11.8. The number of pyridine rings is 1. The average molecular weight is 364 g/mol. The van der Waals surface area contributed by atoms with Gasteiger partial charge in [0.15, 0.2) is 17.2 Å². The molecule has 6 nitrogen and oxygen atoms in total. The molecule has 0 saturated carbocycles. The number of nitrogens with two attached hydrogens (primary N) is 1. The first-order chi connectivity index (χ1) is 12.6. The van der Waals surface area contributed by atoms with Crippen molar-refractivity contribution >= 4 is 22.9 Å². The van der Waals surface area contributed by atoms with Crippen LogP contribution in [0.5, 0.6) is 5.75 Å². The summed E-state index contributed by atoms with van der Waals surface area (Å²) < 4.78 is 7.18. The van der Waals surface area contributed by atoms with E-state index >= 15 is 0 Å². The monoisotopic (exact) mass is 364 g/mol. The highest BCUT2D eigenvalue weighted by atomic mass is 32.1. The van der Waals surface area contributed by atoms with E-state index in [0.717, 1.165) is 16.1 Å². The first kappa shape index (κ1) is 16.3. The van der Waals surface area contributed by atoms with Crippen LogP contribution in [0.2, 0.25) is 0 Å². The number of amides is 1. The van der Waals surface area contributed by atoms with E-state index in [4.69, 9.17) is 10.5 Å². The molecule has 2 N–H and O–H groups in total. The molecule has 1 aromatic carbocycles. The number of thiophene rings is 1. The van der Waals surface area contributed by atoms with Gasteiger partial charge >= 0.3 is 0 Å². The summed E-state index contributed by atoms with van der Waals surface area (Å²) in [4.78, 5) is 17.8. The van der Waals surface area contributed by atoms with Crippen molar-refractivity contribution in [2.75, 3.05) is 7.11 Å². The number of nitrogens with zero attached hydrogens (tertiary/aromatic N) is 3. The van der Waals surface area contributed by atoms with E-state index in [1.165, 1.54) is 11.3 Å². The molecule has 4 rings (SSSR count). The second-order valence-corrected chi connectivity index (χ2v) is 7.04. The molecule has 1 amide bonds. The van der Waals surface area contributed by atoms with Crippen LogP contribution in [0.1, 0.15) is 14.5 Å². The van der Waals surface area contributed by atoms with Crippen molar-refractivity contribution in [3.05, 3.63) is 58.3 Å². The summed E-state index contributed by atoms with van der Waals surface area (Å²) >= 11 is 1.34. The Balaban J connectivity index is 1.99. The highest BCUT2D eigenvalue weighted by Crippen LogP contribution is 2.32. The first-order valence-electron chi connectivity index (χ1n) is 7.98. The first-order valence-corrected chi connectivity index (χ1v) is 8.80. The number of rotatable bonds is 4. The quantitative estimate of drug-likeness (QED) is 0.600. The minimum Gasteiger partial charge on any atom is -0.493 e. The van der Waals surface area contributed by atoms with Gasteiger partial charge in [0.25, 0.3) is 5.91 Å². The fourth-order valence-corrected chi connectivity index (χ4v) is 3.76. The molecule has 26 heavy (non-hydrogen) atoms. The van der Waals surface area contributed by atoms with Crippen molar-refractivity contribution in [2.24, 2.45) is 5.73 Å². The molecule has 0 radical (unpaired) electrons. The number of carbonyl (C=O) groups excluding carboxylic acids is 1. The van der Waals surface area contributed by atoms with Gasteiger partial charge in [-0.25, -0.2) is 9.50 Å². The van der Waals surface area contributed by atoms with Crippen LogP contribution in [0.15, 0.2) is 48.5 Å². The molecule has 0 spiro atoms. The summed E-state index contributed by atoms with van der Waals surface area (Å²) in [6.45, 7) is 1.92. The molecule has 3 heterocycles. The largest absolute Gasteiger partial charge is 0.493 e. The third-order valence-electron chi connectivity index (χ3n) is 4.06. The zero-order chi connectivity index (χ0) is 18.3. The molecule has 0 aliphatic carbocycles. The minimum absolute atomic E-state index is 0.449. The van der Waals surface area contributed by atoms with Crippen LogP contribution < -0.4 is 10.5 Å². The third kappa shape index (κ3) is 2.62. The molecule has 0 saturated heterocycles. The molecule has 0 aliphatic heterocycles. The van der Waals surface area contributed by atoms with E-state index < -0.39 is 5.91 Å². The molecule has 130 valence electrons. The lowest BCUT2D eigenvalue weighted by Crippen LogP contribution is -2.10. The maximum Gasteiger partial charge on any atom is 0.259 e. The van der Waals surface area contributed by atoms with Crippen LogP contribution in [0.25, 0.3) is 28.3 Å². The van der Waals surface area contributed by atoms with Crippen molar-refractivity contribution in [2.45, 2.75) is 6.92 Å². The summed E-state index contributed by atoms with van der Waals surface area (Å²) in [6, 6.07) is 15.6. The van der Waals surface area contributed by atoms with Gasteiger partial charge in [0.1, 0.15) is 4.88 Å². The molecular weight excluding hydrogens is 348 g/mol. The van der Waals surface area contributed by atoms with Gasteiger partial charge in [0, 0.05) is 16.0 Å². The third-order valence-corrected chi connectivity index (χ3v) is 5.12. The van der Waals surface area contributed by atoms with Gasteiger partial charge in [-0.1, -0.05) is 30.3 Å². The Morgan fingerprint density at radius 1 is 1.19 bits per heavy atom. The van der Waals surface area contributed by atoms with Gasteiger partial charge in [-0.15, -0.1) is 16.4 Å². The topological polar surface area (TPSA) is 82.5 Å². The number of methoxy groups -OCH3 is 1. The smallest absolute Gasteiger partial charge is 0.259 e. The number of carbonyl (C=O) groups is 1. The summed E-state index contributed by atoms with van der Waals surface area (Å²) in [5.74, 6) is 0.577. The van der Waals surface area contributed by atoms with E-state index in [1.54, 1.807) is 11.6 Å². The maximum absolute atomic E-state index is 11.8. The Morgan fingerprint density at radius 2 is 1.96 bits per heavy atom. The minimum atomic E-state index is -0.479. The van der Waals surface area contributed by atoms with Crippen molar-refractivity contribution < 1.29 is 9.53 Å². The van der Waals surface area contributed by atoms with Gasteiger partial charge in [-0.3, -0.25) is 4.79 Å². The Labute approximate surface area is 153 Å². The van der Waals surface area contributed by atoms with Crippen molar-refractivity contribution in [3.63, 3.8) is 0 Å². The van der Waals surface area contributed by atoms with Gasteiger partial charge in [0.2, 0.25) is 0 Å². The van der Waals surface area contributed by atoms with Crippen LogP contribution in [0.4, 0.5) is 0 Å². The number of benzene rings is 1. The zero-order valence-corrected chi connectivity index (χ0v) is 15.1. The van der Waals surface area contributed by atoms with Crippen LogP contribution in [-0.4, -0.2) is 27.6 Å². The van der Waals surface area contributed by atoms with Crippen molar-refractivity contribution in [3.8, 4) is 28.4 Å². The second kappa shape index (κ2) is 6.27. The Bertz CT molecular complexity index is 1120. The SMILES string of the molecule is COc1ccc(-c2ccccc2)n2nc(-c3cc(C)sc3C(N)=O)nc12. The fourth-order valence-electron chi connectivity index (χ4n) is 2.90. The zero-order valence-electron chi connectivity index (χ0n) is 14.3. The lowest BCUT2D eigenvalue weighted by Gasteiger charge is -2.07. The molecular formula is C19H16N4O2S. The predicted molar refractivity (Wildman–Crippen MR) is 102 cm³/mol. The summed E-state index contributed by atoms with van der Waals surface area (Å²) in [5, 5.41) is 4.65. The van der Waals surface area contributed by atoms with Gasteiger partial charge < -0.3 is 10.5 Å². The number of ether oxygens (including phenoxy) is 1. The second-order valence-electron chi connectivity index (χ2n) is 5.79. The Morgan fingerprint density at radius 3 is 2.65 bits per heavy atom. The summed E-state index contributed by atoms with van der Waals surface area (Å²) in [5.41, 5.74) is 8.64. The van der Waals surface area contributed by atoms with Crippen LogP contribution in [-0.2, 0) is 0 Å². The Hall–Kier alpha value is -3.19. The molecule has 0 atom stereocenters. The molecule has 0 fully saturated rings. The van der Waals surface area contributed by atoms with Crippen LogP contribution in [0, 0.1) is 6.92 Å². The van der Waals surface area contributed by atoms with Crippen molar-refractivity contribution in [1.82, 2.24) is 14.6 Å². The van der Waals surface area contributed by atoms with Crippen LogP contribution >= 0.6 is 11.3 Å². The van der Waals surface area contributed by atoms with Crippen molar-refractivity contribution in [1.29, 1.82) is 0 Å². The van der Waals surface area contributed by atoms with Gasteiger partial charge in [0.05, 0.1) is 12.8 Å². The number of aromatic nitrogens is 3. The van der Waals surface area contributed by atoms with Gasteiger partial charge in [-0.05, 0) is 25.1 Å². The predicted octanol–water partition coefficient (Wildman–Crippen LogP) is 3.54. The standard InChI is InChI=1S/C19H16N4O2S/c1-11-10-13(16(26-11)17(20)24)18-21-19-15(25-2)9-8-14(23(19)22-18)12-6-4-3-5-7-12/h3-10H,1-2H3,(H2,20,24). The highest BCUT2D eigenvalue weighted by molar-refractivity contribution is 7.14. The average Bonchev–Trinajstić information content (AvgIpc) is 3.25. The number of aryl methyl sites for hydroxylation is 1. The number of fused-ring (bicyclic) bond motifs is 1. The number of hydrogen-bond acceptors (Lipinski definition) is 5. The fraction of sp³-hybridized carbons (Fsp3) is 0.105. The van der Waals surface area contributed by atoms with Gasteiger partial charge in [-0.2, -0.15) is 0 Å². The van der Waals surface area contributed by atoms with E-state index in [-0.39, 0.29) is 0 Å². The summed E-state index contributed by atoms with van der Waals surface area (Å²) in [7, 11) is 1.59. The van der Waals surface area contributed by atoms with Crippen LogP contribution in [0.3, 0.4) is 0 Å². The van der Waals surface area contributed by atoms with E-state index in [1.807, 2.05) is 55.5 Å². The van der Waals surface area contributed by atoms with E-state index in [2.05, 4.69) is 10.1 Å². The lowest BCUT2D eigenvalue weighted by molar-refractivity contribution is 0.100. The molecule has 0 unspecified atom stereocenters. The van der Waals surface area contributed by atoms with E-state index in [0.29, 0.717) is 27.7 Å². The molecule has 0 aliphatic rings. The molecule has 3 aromatic heterocycles. The summed E-state index contributed by atoms with van der Waals surface area (Å²) in [6.07, 6.45) is 0. The normalized spacial score (nSPS) is 11.0. The Kier molecular flexibility index (Phi) is 3.93. The number of primary amides is 1. The lowest BCUT2D eigenvalue weighted by atomic mass is 10.1.